The number of likely N-dealkylation sites (N-methyl/N-ethyl adjacent to an activating group) is 1. The first-order chi connectivity index (χ1) is 6.29. The summed E-state index contributed by atoms with van der Waals surface area (Å²) >= 11 is 0. The summed E-state index contributed by atoms with van der Waals surface area (Å²) < 4.78 is 24.6. The Morgan fingerprint density at radius 2 is 2.00 bits per heavy atom. The lowest BCUT2D eigenvalue weighted by molar-refractivity contribution is 0.459. The standard InChI is InChI=1S/C8H19N3O2S/c1-4-11(5-8(9)10)14(12,13)6-7(2)3/h7H,4-6H2,1-3H3,(H3,9,10). The van der Waals surface area contributed by atoms with E-state index in [1.54, 1.807) is 6.92 Å². The number of nitrogens with two attached hydrogens (primary N) is 1. The molecule has 0 fully saturated rings. The molecule has 0 amide bonds. The molecule has 84 valence electrons. The third-order valence-electron chi connectivity index (χ3n) is 1.64. The van der Waals surface area contributed by atoms with Crippen LogP contribution in [0.15, 0.2) is 0 Å². The van der Waals surface area contributed by atoms with Gasteiger partial charge in [-0.1, -0.05) is 20.8 Å². The van der Waals surface area contributed by atoms with Crippen LogP contribution >= 0.6 is 0 Å². The Hall–Kier alpha value is -0.620. The summed E-state index contributed by atoms with van der Waals surface area (Å²) in [7, 11) is -3.25. The Labute approximate surface area is 85.8 Å². The minimum absolute atomic E-state index is 0.00838. The number of nitrogens with zero attached hydrogens (tertiary/aromatic N) is 1. The van der Waals surface area contributed by atoms with Crippen LogP contribution in [0.2, 0.25) is 0 Å². The molecular formula is C8H19N3O2S. The summed E-state index contributed by atoms with van der Waals surface area (Å²) in [6.07, 6.45) is 0. The molecule has 6 heteroatoms. The van der Waals surface area contributed by atoms with Crippen LogP contribution in [0.4, 0.5) is 0 Å². The largest absolute Gasteiger partial charge is 0.387 e. The van der Waals surface area contributed by atoms with Crippen molar-refractivity contribution in [3.05, 3.63) is 0 Å². The molecule has 3 N–H and O–H groups in total. The molecule has 0 aromatic rings. The van der Waals surface area contributed by atoms with Crippen molar-refractivity contribution in [1.82, 2.24) is 4.31 Å². The fourth-order valence-electron chi connectivity index (χ4n) is 1.12. The summed E-state index contributed by atoms with van der Waals surface area (Å²) in [6, 6.07) is 0. The lowest BCUT2D eigenvalue weighted by Gasteiger charge is -2.20. The molecule has 0 aromatic carbocycles. The predicted octanol–water partition coefficient (Wildman–Crippen LogP) is 0.230. The number of hydrogen-bond donors (Lipinski definition) is 2. The van der Waals surface area contributed by atoms with Gasteiger partial charge in [0, 0.05) is 6.54 Å². The number of hydrogen-bond acceptors (Lipinski definition) is 3. The summed E-state index contributed by atoms with van der Waals surface area (Å²) in [4.78, 5) is 0. The van der Waals surface area contributed by atoms with Crippen molar-refractivity contribution in [3.8, 4) is 0 Å². The second-order valence-corrected chi connectivity index (χ2v) is 5.64. The molecule has 0 aromatic heterocycles. The Bertz CT molecular complexity index is 285. The van der Waals surface area contributed by atoms with Crippen molar-refractivity contribution < 1.29 is 8.42 Å². The molecule has 0 radical (unpaired) electrons. The van der Waals surface area contributed by atoms with Gasteiger partial charge >= 0.3 is 0 Å². The van der Waals surface area contributed by atoms with E-state index in [4.69, 9.17) is 11.1 Å². The molecule has 5 nitrogen and oxygen atoms in total. The van der Waals surface area contributed by atoms with Crippen LogP contribution in [0.25, 0.3) is 0 Å². The smallest absolute Gasteiger partial charge is 0.214 e. The first-order valence-electron chi connectivity index (χ1n) is 4.60. The van der Waals surface area contributed by atoms with Crippen LogP contribution in [0.3, 0.4) is 0 Å². The van der Waals surface area contributed by atoms with Crippen molar-refractivity contribution in [2.24, 2.45) is 11.7 Å². The van der Waals surface area contributed by atoms with Crippen LogP contribution in [-0.2, 0) is 10.0 Å². The normalized spacial score (nSPS) is 12.4. The maximum Gasteiger partial charge on any atom is 0.214 e. The van der Waals surface area contributed by atoms with E-state index in [0.29, 0.717) is 6.54 Å². The molecule has 0 spiro atoms. The molecule has 0 saturated carbocycles. The second-order valence-electron chi connectivity index (χ2n) is 3.62. The molecule has 0 aliphatic heterocycles. The average Bonchev–Trinajstić information content (AvgIpc) is 1.96. The van der Waals surface area contributed by atoms with Gasteiger partial charge < -0.3 is 5.73 Å². The topological polar surface area (TPSA) is 87.2 Å². The van der Waals surface area contributed by atoms with Crippen LogP contribution in [-0.4, -0.2) is 37.4 Å². The van der Waals surface area contributed by atoms with Crippen LogP contribution in [0, 0.1) is 11.3 Å². The zero-order chi connectivity index (χ0) is 11.4. The number of nitrogens with one attached hydrogen (secondary N) is 1. The van der Waals surface area contributed by atoms with Gasteiger partial charge in [0.2, 0.25) is 10.0 Å². The summed E-state index contributed by atoms with van der Waals surface area (Å²) in [5.41, 5.74) is 5.17. The van der Waals surface area contributed by atoms with E-state index in [1.165, 1.54) is 4.31 Å². The van der Waals surface area contributed by atoms with E-state index in [9.17, 15) is 8.42 Å². The van der Waals surface area contributed by atoms with Crippen molar-refractivity contribution in [2.75, 3.05) is 18.8 Å². The molecule has 0 rings (SSSR count). The van der Waals surface area contributed by atoms with Crippen LogP contribution in [0.1, 0.15) is 20.8 Å². The van der Waals surface area contributed by atoms with Gasteiger partial charge in [-0.3, -0.25) is 5.41 Å². The Morgan fingerprint density at radius 3 is 2.29 bits per heavy atom. The minimum atomic E-state index is -3.25. The molecule has 0 atom stereocenters. The van der Waals surface area contributed by atoms with Gasteiger partial charge in [0.15, 0.2) is 0 Å². The lowest BCUT2D eigenvalue weighted by Crippen LogP contribution is -2.40. The zero-order valence-corrected chi connectivity index (χ0v) is 9.76. The fourth-order valence-corrected chi connectivity index (χ4v) is 2.91. The number of sulfonamides is 1. The summed E-state index contributed by atoms with van der Waals surface area (Å²) in [5, 5.41) is 7.06. The van der Waals surface area contributed by atoms with E-state index < -0.39 is 10.0 Å². The Morgan fingerprint density at radius 1 is 1.50 bits per heavy atom. The number of rotatable bonds is 6. The quantitative estimate of drug-likeness (QED) is 0.497. The first kappa shape index (κ1) is 13.4. The van der Waals surface area contributed by atoms with Gasteiger partial charge in [0.25, 0.3) is 0 Å². The third-order valence-corrected chi connectivity index (χ3v) is 3.90. The Balaban J connectivity index is 4.58. The lowest BCUT2D eigenvalue weighted by atomic mass is 10.3. The fraction of sp³-hybridized carbons (Fsp3) is 0.875. The van der Waals surface area contributed by atoms with Crippen LogP contribution < -0.4 is 5.73 Å². The minimum Gasteiger partial charge on any atom is -0.387 e. The van der Waals surface area contributed by atoms with E-state index in [1.807, 2.05) is 13.8 Å². The van der Waals surface area contributed by atoms with E-state index in [0.717, 1.165) is 0 Å². The van der Waals surface area contributed by atoms with E-state index >= 15 is 0 Å². The molecule has 0 aliphatic rings. The predicted molar refractivity (Wildman–Crippen MR) is 57.8 cm³/mol. The van der Waals surface area contributed by atoms with Gasteiger partial charge in [0.05, 0.1) is 12.3 Å². The van der Waals surface area contributed by atoms with Crippen LogP contribution in [0.5, 0.6) is 0 Å². The SMILES string of the molecule is CCN(CC(=N)N)S(=O)(=O)CC(C)C. The Kier molecular flexibility index (Phi) is 5.07. The van der Waals surface area contributed by atoms with Gasteiger partial charge in [-0.2, -0.15) is 4.31 Å². The van der Waals surface area contributed by atoms with Crippen molar-refractivity contribution >= 4 is 15.9 Å². The second kappa shape index (κ2) is 5.31. The highest BCUT2D eigenvalue weighted by molar-refractivity contribution is 7.89. The van der Waals surface area contributed by atoms with Gasteiger partial charge in [-0.25, -0.2) is 8.42 Å². The molecule has 0 bridgehead atoms. The molecule has 0 unspecified atom stereocenters. The number of amidine groups is 1. The monoisotopic (exact) mass is 221 g/mol. The first-order valence-corrected chi connectivity index (χ1v) is 6.21. The molecule has 14 heavy (non-hydrogen) atoms. The zero-order valence-electron chi connectivity index (χ0n) is 8.95. The highest BCUT2D eigenvalue weighted by Crippen LogP contribution is 2.06. The van der Waals surface area contributed by atoms with Gasteiger partial charge in [-0.15, -0.1) is 0 Å². The van der Waals surface area contributed by atoms with Gasteiger partial charge in [-0.05, 0) is 5.92 Å². The highest BCUT2D eigenvalue weighted by Gasteiger charge is 2.21. The molecule has 0 heterocycles. The average molecular weight is 221 g/mol. The van der Waals surface area contributed by atoms with Crippen molar-refractivity contribution in [3.63, 3.8) is 0 Å². The van der Waals surface area contributed by atoms with E-state index in [2.05, 4.69) is 0 Å². The molecule has 0 aliphatic carbocycles. The summed E-state index contributed by atoms with van der Waals surface area (Å²) in [6.45, 7) is 5.78. The third kappa shape index (κ3) is 4.57. The highest BCUT2D eigenvalue weighted by atomic mass is 32.2. The molecule has 0 saturated heterocycles. The maximum atomic E-state index is 11.7. The van der Waals surface area contributed by atoms with Crippen molar-refractivity contribution in [1.29, 1.82) is 5.41 Å². The molecular weight excluding hydrogens is 202 g/mol. The maximum absolute atomic E-state index is 11.7. The van der Waals surface area contributed by atoms with E-state index in [-0.39, 0.29) is 24.1 Å². The van der Waals surface area contributed by atoms with Crippen molar-refractivity contribution in [2.45, 2.75) is 20.8 Å². The summed E-state index contributed by atoms with van der Waals surface area (Å²) in [5.74, 6) is 0.0638. The van der Waals surface area contributed by atoms with Gasteiger partial charge in [0.1, 0.15) is 5.84 Å².